The van der Waals surface area contributed by atoms with Crippen LogP contribution in [-0.2, 0) is 4.74 Å². The van der Waals surface area contributed by atoms with Crippen molar-refractivity contribution in [2.45, 2.75) is 45.3 Å². The molecule has 0 bridgehead atoms. The Balaban J connectivity index is 1.70. The lowest BCUT2D eigenvalue weighted by atomic mass is 10.0. The van der Waals surface area contributed by atoms with Crippen molar-refractivity contribution in [3.05, 3.63) is 48.3 Å². The second-order valence-corrected chi connectivity index (χ2v) is 7.97. The van der Waals surface area contributed by atoms with Crippen molar-refractivity contribution in [1.29, 1.82) is 0 Å². The number of likely N-dealkylation sites (tertiary alicyclic amines) is 1. The van der Waals surface area contributed by atoms with E-state index in [-0.39, 0.29) is 12.1 Å². The van der Waals surface area contributed by atoms with Crippen LogP contribution in [0.2, 0.25) is 0 Å². The first-order chi connectivity index (χ1) is 13.2. The Morgan fingerprint density at radius 1 is 1.25 bits per heavy atom. The van der Waals surface area contributed by atoms with Gasteiger partial charge in [0.05, 0.1) is 12.2 Å². The fraction of sp³-hybridized carbons (Fsp3) is 0.429. The van der Waals surface area contributed by atoms with Crippen molar-refractivity contribution >= 4 is 12.2 Å². The van der Waals surface area contributed by atoms with Crippen LogP contribution < -0.4 is 0 Å². The van der Waals surface area contributed by atoms with Gasteiger partial charge in [-0.2, -0.15) is 5.10 Å². The van der Waals surface area contributed by atoms with E-state index in [1.54, 1.807) is 11.1 Å². The Morgan fingerprint density at radius 2 is 1.89 bits per heavy atom. The van der Waals surface area contributed by atoms with Gasteiger partial charge in [0.2, 0.25) is 0 Å². The number of hydrogen-bond donors (Lipinski definition) is 0. The van der Waals surface area contributed by atoms with Gasteiger partial charge in [-0.1, -0.05) is 12.7 Å². The molecule has 1 aromatic carbocycles. The number of amides is 1. The number of halogens is 2. The first-order valence-electron chi connectivity index (χ1n) is 9.32. The summed E-state index contributed by atoms with van der Waals surface area (Å²) < 4.78 is 34.4. The lowest BCUT2D eigenvalue weighted by molar-refractivity contribution is 0.0185. The summed E-state index contributed by atoms with van der Waals surface area (Å²) in [5.74, 6) is -1.81. The summed E-state index contributed by atoms with van der Waals surface area (Å²) in [5.41, 5.74) is 1.24. The first kappa shape index (κ1) is 20.0. The topological polar surface area (TPSA) is 47.4 Å². The SMILES string of the molecule is C=Cc1cc(F)c(F)cc1-c1cnn(C2CCN(C(=O)OC(C)(C)C)CC2)c1. The summed E-state index contributed by atoms with van der Waals surface area (Å²) in [7, 11) is 0. The summed E-state index contributed by atoms with van der Waals surface area (Å²) in [6.07, 6.45) is 6.14. The van der Waals surface area contributed by atoms with Gasteiger partial charge in [-0.05, 0) is 56.9 Å². The molecule has 150 valence electrons. The zero-order chi connectivity index (χ0) is 20.5. The lowest BCUT2D eigenvalue weighted by Gasteiger charge is -2.33. The number of aromatic nitrogens is 2. The zero-order valence-electron chi connectivity index (χ0n) is 16.4. The van der Waals surface area contributed by atoms with Crippen molar-refractivity contribution in [2.75, 3.05) is 13.1 Å². The molecule has 0 N–H and O–H groups in total. The molecule has 2 aromatic rings. The zero-order valence-corrected chi connectivity index (χ0v) is 16.4. The van der Waals surface area contributed by atoms with E-state index in [1.165, 1.54) is 12.1 Å². The monoisotopic (exact) mass is 389 g/mol. The fourth-order valence-electron chi connectivity index (χ4n) is 3.30. The molecule has 7 heteroatoms. The number of ether oxygens (including phenoxy) is 1. The molecule has 3 rings (SSSR count). The molecule has 0 saturated carbocycles. The minimum Gasteiger partial charge on any atom is -0.444 e. The molecule has 1 aliphatic heterocycles. The van der Waals surface area contributed by atoms with Crippen LogP contribution in [0.1, 0.15) is 45.2 Å². The third kappa shape index (κ3) is 4.40. The number of rotatable bonds is 3. The summed E-state index contributed by atoms with van der Waals surface area (Å²) in [6, 6.07) is 2.43. The third-order valence-corrected chi connectivity index (χ3v) is 4.72. The molecular formula is C21H25F2N3O2. The quantitative estimate of drug-likeness (QED) is 0.739. The van der Waals surface area contributed by atoms with Gasteiger partial charge >= 0.3 is 6.09 Å². The summed E-state index contributed by atoms with van der Waals surface area (Å²) in [4.78, 5) is 13.9. The van der Waals surface area contributed by atoms with E-state index >= 15 is 0 Å². The number of benzene rings is 1. The van der Waals surface area contributed by atoms with Crippen LogP contribution in [0.25, 0.3) is 17.2 Å². The third-order valence-electron chi connectivity index (χ3n) is 4.72. The standard InChI is InChI=1S/C21H25F2N3O2/c1-5-14-10-18(22)19(23)11-17(14)15-12-24-26(13-15)16-6-8-25(9-7-16)20(27)28-21(2,3)4/h5,10-13,16H,1,6-9H2,2-4H3. The van der Waals surface area contributed by atoms with Crippen molar-refractivity contribution in [2.24, 2.45) is 0 Å². The van der Waals surface area contributed by atoms with E-state index in [2.05, 4.69) is 11.7 Å². The van der Waals surface area contributed by atoms with Gasteiger partial charge in [-0.25, -0.2) is 13.6 Å². The van der Waals surface area contributed by atoms with Crippen LogP contribution in [0.4, 0.5) is 13.6 Å². The van der Waals surface area contributed by atoms with Gasteiger partial charge in [0, 0.05) is 24.8 Å². The summed E-state index contributed by atoms with van der Waals surface area (Å²) in [5, 5.41) is 4.40. The molecule has 2 heterocycles. The molecule has 0 atom stereocenters. The van der Waals surface area contributed by atoms with Crippen LogP contribution in [0.5, 0.6) is 0 Å². The van der Waals surface area contributed by atoms with Crippen molar-refractivity contribution in [3.63, 3.8) is 0 Å². The Hall–Kier alpha value is -2.70. The Bertz CT molecular complexity index is 878. The molecular weight excluding hydrogens is 364 g/mol. The molecule has 5 nitrogen and oxygen atoms in total. The van der Waals surface area contributed by atoms with Gasteiger partial charge in [-0.15, -0.1) is 0 Å². The highest BCUT2D eigenvalue weighted by Gasteiger charge is 2.28. The maximum atomic E-state index is 13.7. The van der Waals surface area contributed by atoms with E-state index in [1.807, 2.05) is 31.6 Å². The second kappa shape index (κ2) is 7.73. The molecule has 1 amide bonds. The van der Waals surface area contributed by atoms with Crippen molar-refractivity contribution < 1.29 is 18.3 Å². The highest BCUT2D eigenvalue weighted by molar-refractivity contribution is 5.74. The molecule has 28 heavy (non-hydrogen) atoms. The van der Waals surface area contributed by atoms with Crippen LogP contribution in [-0.4, -0.2) is 39.5 Å². The predicted octanol–water partition coefficient (Wildman–Crippen LogP) is 5.04. The highest BCUT2D eigenvalue weighted by Crippen LogP contribution is 2.30. The van der Waals surface area contributed by atoms with E-state index in [0.29, 0.717) is 29.8 Å². The Morgan fingerprint density at radius 3 is 2.50 bits per heavy atom. The van der Waals surface area contributed by atoms with Gasteiger partial charge in [0.1, 0.15) is 5.60 Å². The summed E-state index contributed by atoms with van der Waals surface area (Å²) in [6.45, 7) is 10.4. The molecule has 0 radical (unpaired) electrons. The second-order valence-electron chi connectivity index (χ2n) is 7.97. The van der Waals surface area contributed by atoms with Crippen LogP contribution in [0, 0.1) is 11.6 Å². The Labute approximate surface area is 163 Å². The average molecular weight is 389 g/mol. The molecule has 1 aromatic heterocycles. The smallest absolute Gasteiger partial charge is 0.410 e. The normalized spacial score (nSPS) is 15.5. The maximum absolute atomic E-state index is 13.7. The molecule has 1 fully saturated rings. The predicted molar refractivity (Wildman–Crippen MR) is 104 cm³/mol. The van der Waals surface area contributed by atoms with Crippen molar-refractivity contribution in [3.8, 4) is 11.1 Å². The lowest BCUT2D eigenvalue weighted by Crippen LogP contribution is -2.42. The molecule has 0 spiro atoms. The van der Waals surface area contributed by atoms with Gasteiger partial charge < -0.3 is 9.64 Å². The highest BCUT2D eigenvalue weighted by atomic mass is 19.2. The van der Waals surface area contributed by atoms with Crippen LogP contribution in [0.3, 0.4) is 0 Å². The van der Waals surface area contributed by atoms with Crippen LogP contribution >= 0.6 is 0 Å². The first-order valence-corrected chi connectivity index (χ1v) is 9.32. The largest absolute Gasteiger partial charge is 0.444 e. The van der Waals surface area contributed by atoms with Gasteiger partial charge in [0.25, 0.3) is 0 Å². The number of nitrogens with zero attached hydrogens (tertiary/aromatic N) is 3. The van der Waals surface area contributed by atoms with E-state index in [4.69, 9.17) is 4.74 Å². The molecule has 0 unspecified atom stereocenters. The number of carbonyl (C=O) groups is 1. The summed E-state index contributed by atoms with van der Waals surface area (Å²) >= 11 is 0. The van der Waals surface area contributed by atoms with Gasteiger partial charge in [-0.3, -0.25) is 4.68 Å². The molecule has 0 aliphatic carbocycles. The minimum atomic E-state index is -0.904. The number of piperidine rings is 1. The molecule has 1 aliphatic rings. The number of carbonyl (C=O) groups excluding carboxylic acids is 1. The minimum absolute atomic E-state index is 0.130. The molecule has 1 saturated heterocycles. The van der Waals surface area contributed by atoms with Crippen molar-refractivity contribution in [1.82, 2.24) is 14.7 Å². The fourth-order valence-corrected chi connectivity index (χ4v) is 3.30. The van der Waals surface area contributed by atoms with E-state index in [9.17, 15) is 13.6 Å². The van der Waals surface area contributed by atoms with Gasteiger partial charge in [0.15, 0.2) is 11.6 Å². The van der Waals surface area contributed by atoms with E-state index < -0.39 is 17.2 Å². The number of hydrogen-bond acceptors (Lipinski definition) is 3. The maximum Gasteiger partial charge on any atom is 0.410 e. The average Bonchev–Trinajstić information content (AvgIpc) is 3.12. The Kier molecular flexibility index (Phi) is 5.54. The van der Waals surface area contributed by atoms with E-state index in [0.717, 1.165) is 18.9 Å². The van der Waals surface area contributed by atoms with Crippen LogP contribution in [0.15, 0.2) is 31.1 Å².